The molecule has 0 aliphatic heterocycles. The predicted octanol–water partition coefficient (Wildman–Crippen LogP) is 6.66. The van der Waals surface area contributed by atoms with Crippen LogP contribution in [0.1, 0.15) is 95.3 Å². The molecule has 2 heteroatoms. The lowest BCUT2D eigenvalue weighted by Gasteiger charge is -2.38. The summed E-state index contributed by atoms with van der Waals surface area (Å²) in [5, 5.41) is 9.28. The van der Waals surface area contributed by atoms with Crippen LogP contribution in [-0.2, 0) is 11.8 Å². The van der Waals surface area contributed by atoms with E-state index in [9.17, 15) is 9.90 Å². The molecule has 146 valence electrons. The van der Waals surface area contributed by atoms with Gasteiger partial charge in [0.2, 0.25) is 0 Å². The molecule has 0 saturated heterocycles. The van der Waals surface area contributed by atoms with Crippen molar-refractivity contribution in [1.29, 1.82) is 0 Å². The molecular formula is C26H30O2. The molecule has 0 spiro atoms. The SMILES string of the molecule is Cc1cc2c(c(C=C3CCc4cc(C(=O)O)ccc43)c1C)C(C)CCC2(C)C. The first-order valence-corrected chi connectivity index (χ1v) is 10.4. The van der Waals surface area contributed by atoms with Crippen molar-refractivity contribution in [3.05, 3.63) is 68.8 Å². The van der Waals surface area contributed by atoms with Gasteiger partial charge in [-0.25, -0.2) is 4.79 Å². The summed E-state index contributed by atoms with van der Waals surface area (Å²) in [6.07, 6.45) is 6.79. The molecule has 0 saturated carbocycles. The molecule has 2 aliphatic rings. The summed E-state index contributed by atoms with van der Waals surface area (Å²) in [6.45, 7) is 11.6. The molecule has 1 N–H and O–H groups in total. The highest BCUT2D eigenvalue weighted by Crippen LogP contribution is 2.47. The Labute approximate surface area is 168 Å². The molecule has 1 unspecified atom stereocenters. The fourth-order valence-electron chi connectivity index (χ4n) is 5.07. The molecule has 0 heterocycles. The second-order valence-corrected chi connectivity index (χ2v) is 9.36. The van der Waals surface area contributed by atoms with Crippen LogP contribution in [0.25, 0.3) is 11.6 Å². The minimum atomic E-state index is -0.847. The van der Waals surface area contributed by atoms with Crippen LogP contribution in [0, 0.1) is 13.8 Å². The van der Waals surface area contributed by atoms with Crippen LogP contribution >= 0.6 is 0 Å². The lowest BCUT2D eigenvalue weighted by atomic mass is 9.66. The number of fused-ring (bicyclic) bond motifs is 2. The number of carbonyl (C=O) groups is 1. The van der Waals surface area contributed by atoms with Crippen LogP contribution in [0.2, 0.25) is 0 Å². The number of rotatable bonds is 2. The summed E-state index contributed by atoms with van der Waals surface area (Å²) in [6, 6.07) is 8.01. The second kappa shape index (κ2) is 6.62. The molecule has 2 aliphatic carbocycles. The highest BCUT2D eigenvalue weighted by molar-refractivity contribution is 5.92. The number of aromatic carboxylic acids is 1. The van der Waals surface area contributed by atoms with Gasteiger partial charge in [0.05, 0.1) is 5.56 Å². The van der Waals surface area contributed by atoms with E-state index in [1.165, 1.54) is 57.4 Å². The van der Waals surface area contributed by atoms with Crippen LogP contribution in [-0.4, -0.2) is 11.1 Å². The zero-order valence-electron chi connectivity index (χ0n) is 17.6. The Bertz CT molecular complexity index is 1010. The number of carboxylic acids is 1. The summed E-state index contributed by atoms with van der Waals surface area (Å²) < 4.78 is 0. The fourth-order valence-corrected chi connectivity index (χ4v) is 5.07. The topological polar surface area (TPSA) is 37.3 Å². The Hall–Kier alpha value is -2.35. The second-order valence-electron chi connectivity index (χ2n) is 9.36. The van der Waals surface area contributed by atoms with Gasteiger partial charge < -0.3 is 5.11 Å². The van der Waals surface area contributed by atoms with Crippen LogP contribution in [0.4, 0.5) is 0 Å². The van der Waals surface area contributed by atoms with E-state index in [0.717, 1.165) is 12.8 Å². The van der Waals surface area contributed by atoms with Gasteiger partial charge in [0.1, 0.15) is 0 Å². The summed E-state index contributed by atoms with van der Waals surface area (Å²) in [5.41, 5.74) is 11.5. The Morgan fingerprint density at radius 3 is 2.64 bits per heavy atom. The number of aryl methyl sites for hydroxylation is 2. The van der Waals surface area contributed by atoms with Crippen LogP contribution in [0.3, 0.4) is 0 Å². The quantitative estimate of drug-likeness (QED) is 0.638. The van der Waals surface area contributed by atoms with E-state index in [-0.39, 0.29) is 5.41 Å². The van der Waals surface area contributed by atoms with Gasteiger partial charge in [-0.2, -0.15) is 0 Å². The average molecular weight is 375 g/mol. The molecule has 0 amide bonds. The van der Waals surface area contributed by atoms with Gasteiger partial charge in [0, 0.05) is 0 Å². The third-order valence-corrected chi connectivity index (χ3v) is 7.04. The smallest absolute Gasteiger partial charge is 0.335 e. The zero-order chi connectivity index (χ0) is 20.2. The predicted molar refractivity (Wildman–Crippen MR) is 116 cm³/mol. The summed E-state index contributed by atoms with van der Waals surface area (Å²) in [5.74, 6) is -0.274. The van der Waals surface area contributed by atoms with Crippen molar-refractivity contribution in [2.75, 3.05) is 0 Å². The molecule has 0 fully saturated rings. The van der Waals surface area contributed by atoms with E-state index in [1.807, 2.05) is 12.1 Å². The van der Waals surface area contributed by atoms with Gasteiger partial charge in [-0.15, -0.1) is 0 Å². The van der Waals surface area contributed by atoms with Gasteiger partial charge in [0.25, 0.3) is 0 Å². The van der Waals surface area contributed by atoms with E-state index in [4.69, 9.17) is 0 Å². The minimum absolute atomic E-state index is 0.220. The first-order valence-electron chi connectivity index (χ1n) is 10.4. The first kappa shape index (κ1) is 19.0. The third kappa shape index (κ3) is 2.99. The van der Waals surface area contributed by atoms with Crippen molar-refractivity contribution in [3.63, 3.8) is 0 Å². The number of allylic oxidation sites excluding steroid dienone is 1. The molecular weight excluding hydrogens is 344 g/mol. The monoisotopic (exact) mass is 374 g/mol. The number of hydrogen-bond donors (Lipinski definition) is 1. The summed E-state index contributed by atoms with van der Waals surface area (Å²) >= 11 is 0. The third-order valence-electron chi connectivity index (χ3n) is 7.04. The van der Waals surface area contributed by atoms with Gasteiger partial charge >= 0.3 is 5.97 Å². The molecule has 1 atom stereocenters. The van der Waals surface area contributed by atoms with Crippen LogP contribution in [0.15, 0.2) is 24.3 Å². The summed E-state index contributed by atoms with van der Waals surface area (Å²) in [7, 11) is 0. The number of carboxylic acid groups (broad SMARTS) is 1. The molecule has 4 rings (SSSR count). The number of benzene rings is 2. The maximum absolute atomic E-state index is 11.3. The van der Waals surface area contributed by atoms with Gasteiger partial charge in [-0.1, -0.05) is 39.0 Å². The Kier molecular flexibility index (Phi) is 4.49. The molecule has 0 bridgehead atoms. The van der Waals surface area contributed by atoms with E-state index in [1.54, 1.807) is 6.07 Å². The molecule has 0 radical (unpaired) electrons. The van der Waals surface area contributed by atoms with E-state index in [0.29, 0.717) is 11.5 Å². The number of hydrogen-bond acceptors (Lipinski definition) is 1. The average Bonchev–Trinajstić information content (AvgIpc) is 3.04. The van der Waals surface area contributed by atoms with Crippen molar-refractivity contribution in [1.82, 2.24) is 0 Å². The van der Waals surface area contributed by atoms with E-state index in [2.05, 4.69) is 46.8 Å². The van der Waals surface area contributed by atoms with Crippen LogP contribution < -0.4 is 0 Å². The Balaban J connectivity index is 1.89. The van der Waals surface area contributed by atoms with Crippen molar-refractivity contribution in [2.24, 2.45) is 0 Å². The maximum Gasteiger partial charge on any atom is 0.335 e. The Morgan fingerprint density at radius 1 is 1.18 bits per heavy atom. The minimum Gasteiger partial charge on any atom is -0.478 e. The van der Waals surface area contributed by atoms with E-state index >= 15 is 0 Å². The highest BCUT2D eigenvalue weighted by atomic mass is 16.4. The van der Waals surface area contributed by atoms with E-state index < -0.39 is 5.97 Å². The van der Waals surface area contributed by atoms with Crippen LogP contribution in [0.5, 0.6) is 0 Å². The maximum atomic E-state index is 11.3. The van der Waals surface area contributed by atoms with Crippen molar-refractivity contribution in [2.45, 2.75) is 71.6 Å². The first-order chi connectivity index (χ1) is 13.2. The molecule has 2 aromatic rings. The fraction of sp³-hybridized carbons (Fsp3) is 0.423. The van der Waals surface area contributed by atoms with Gasteiger partial charge in [0.15, 0.2) is 0 Å². The van der Waals surface area contributed by atoms with Crippen molar-refractivity contribution >= 4 is 17.6 Å². The molecule has 0 aromatic heterocycles. The van der Waals surface area contributed by atoms with Gasteiger partial charge in [-0.3, -0.25) is 0 Å². The lowest BCUT2D eigenvalue weighted by molar-refractivity contribution is 0.0697. The molecule has 2 aromatic carbocycles. The molecule has 2 nitrogen and oxygen atoms in total. The largest absolute Gasteiger partial charge is 0.478 e. The zero-order valence-corrected chi connectivity index (χ0v) is 17.6. The van der Waals surface area contributed by atoms with Crippen molar-refractivity contribution in [3.8, 4) is 0 Å². The Morgan fingerprint density at radius 2 is 1.93 bits per heavy atom. The lowest BCUT2D eigenvalue weighted by Crippen LogP contribution is -2.27. The molecule has 28 heavy (non-hydrogen) atoms. The van der Waals surface area contributed by atoms with Crippen molar-refractivity contribution < 1.29 is 9.90 Å². The highest BCUT2D eigenvalue weighted by Gasteiger charge is 2.33. The van der Waals surface area contributed by atoms with Gasteiger partial charge in [-0.05, 0) is 108 Å². The standard InChI is InChI=1S/C26H30O2/c1-15-10-11-26(4,5)23-12-16(2)17(3)22(24(15)23)14-19-7-6-18-13-20(25(27)28)8-9-21(18)19/h8-9,12-15H,6-7,10-11H2,1-5H3,(H,27,28). The summed E-state index contributed by atoms with van der Waals surface area (Å²) in [4.78, 5) is 11.3. The normalized spacial score (nSPS) is 21.5.